The maximum absolute atomic E-state index is 10.8. The highest BCUT2D eigenvalue weighted by molar-refractivity contribution is 9.10. The number of halogens is 1. The molecule has 0 aliphatic heterocycles. The normalized spacial score (nSPS) is 10.7. The number of fused-ring (bicyclic) bond motifs is 1. The van der Waals surface area contributed by atoms with Gasteiger partial charge >= 0.3 is 0 Å². The zero-order chi connectivity index (χ0) is 14.7. The minimum absolute atomic E-state index is 0.598. The van der Waals surface area contributed by atoms with Crippen LogP contribution in [0.15, 0.2) is 59.2 Å². The second-order valence-corrected chi connectivity index (χ2v) is 5.66. The van der Waals surface area contributed by atoms with Crippen LogP contribution >= 0.6 is 15.9 Å². The molecule has 0 atom stereocenters. The summed E-state index contributed by atoms with van der Waals surface area (Å²) in [7, 11) is 0. The average Bonchev–Trinajstić information content (AvgIpc) is 2.91. The molecule has 0 aliphatic carbocycles. The summed E-state index contributed by atoms with van der Waals surface area (Å²) in [5.74, 6) is 0.859. The van der Waals surface area contributed by atoms with Crippen LogP contribution in [-0.4, -0.2) is 17.5 Å². The molecule has 1 heterocycles. The van der Waals surface area contributed by atoms with Crippen molar-refractivity contribution in [2.24, 2.45) is 0 Å². The number of carbonyl (C=O) groups excluding carboxylic acids is 1. The van der Waals surface area contributed by atoms with Crippen LogP contribution in [0.5, 0.6) is 5.75 Å². The second kappa shape index (κ2) is 6.14. The molecule has 0 aliphatic rings. The fourth-order valence-electron chi connectivity index (χ4n) is 2.28. The minimum Gasteiger partial charge on any atom is -0.492 e. The van der Waals surface area contributed by atoms with E-state index in [1.54, 1.807) is 0 Å². The Bertz CT molecular complexity index is 762. The molecule has 1 aromatic heterocycles. The van der Waals surface area contributed by atoms with E-state index in [9.17, 15) is 4.79 Å². The fourth-order valence-corrected chi connectivity index (χ4v) is 2.54. The lowest BCUT2D eigenvalue weighted by molar-refractivity contribution is 0.112. The van der Waals surface area contributed by atoms with Crippen molar-refractivity contribution in [3.05, 3.63) is 64.8 Å². The summed E-state index contributed by atoms with van der Waals surface area (Å²) in [6.07, 6.45) is 2.89. The monoisotopic (exact) mass is 343 g/mol. The molecule has 21 heavy (non-hydrogen) atoms. The summed E-state index contributed by atoms with van der Waals surface area (Å²) in [6, 6.07) is 15.5. The van der Waals surface area contributed by atoms with Gasteiger partial charge in [0.1, 0.15) is 18.6 Å². The van der Waals surface area contributed by atoms with Crippen LogP contribution in [0, 0.1) is 0 Å². The molecule has 0 saturated heterocycles. The fraction of sp³-hybridized carbons (Fsp3) is 0.118. The van der Waals surface area contributed by atoms with Crippen LogP contribution in [0.3, 0.4) is 0 Å². The average molecular weight is 344 g/mol. The Hall–Kier alpha value is -2.07. The Morgan fingerprint density at radius 1 is 1.10 bits per heavy atom. The number of rotatable bonds is 5. The van der Waals surface area contributed by atoms with Gasteiger partial charge in [-0.3, -0.25) is 4.79 Å². The lowest BCUT2D eigenvalue weighted by atomic mass is 10.2. The maximum atomic E-state index is 10.8. The van der Waals surface area contributed by atoms with Crippen molar-refractivity contribution in [1.82, 2.24) is 4.57 Å². The van der Waals surface area contributed by atoms with E-state index in [2.05, 4.69) is 20.5 Å². The molecule has 0 bridgehead atoms. The first-order chi connectivity index (χ1) is 10.3. The Labute approximate surface area is 131 Å². The molecule has 0 saturated carbocycles. The van der Waals surface area contributed by atoms with E-state index in [0.717, 1.165) is 34.0 Å². The number of benzene rings is 2. The van der Waals surface area contributed by atoms with Crippen molar-refractivity contribution < 1.29 is 9.53 Å². The Morgan fingerprint density at radius 2 is 1.90 bits per heavy atom. The molecule has 3 aromatic rings. The van der Waals surface area contributed by atoms with Gasteiger partial charge in [-0.05, 0) is 48.5 Å². The van der Waals surface area contributed by atoms with Crippen LogP contribution in [0.25, 0.3) is 10.9 Å². The number of nitrogens with zero attached hydrogens (tertiary/aromatic N) is 1. The number of hydrogen-bond donors (Lipinski definition) is 0. The first-order valence-corrected chi connectivity index (χ1v) is 7.48. The van der Waals surface area contributed by atoms with E-state index < -0.39 is 0 Å². The van der Waals surface area contributed by atoms with Crippen LogP contribution in [-0.2, 0) is 6.54 Å². The van der Waals surface area contributed by atoms with Crippen molar-refractivity contribution in [2.75, 3.05) is 6.61 Å². The third-order valence-electron chi connectivity index (χ3n) is 3.35. The van der Waals surface area contributed by atoms with Gasteiger partial charge < -0.3 is 9.30 Å². The van der Waals surface area contributed by atoms with E-state index in [1.165, 1.54) is 0 Å². The standard InChI is InChI=1S/C17H14BrNO2/c18-15-2-4-16(5-3-15)21-10-9-19-8-7-14-11-13(12-20)1-6-17(14)19/h1-8,11-12H,9-10H2. The number of aromatic nitrogens is 1. The van der Waals surface area contributed by atoms with Crippen molar-refractivity contribution in [2.45, 2.75) is 6.54 Å². The zero-order valence-corrected chi connectivity index (χ0v) is 12.9. The lowest BCUT2D eigenvalue weighted by Crippen LogP contribution is -2.07. The zero-order valence-electron chi connectivity index (χ0n) is 11.3. The van der Waals surface area contributed by atoms with Gasteiger partial charge in [0, 0.05) is 27.1 Å². The van der Waals surface area contributed by atoms with Crippen molar-refractivity contribution >= 4 is 33.1 Å². The smallest absolute Gasteiger partial charge is 0.150 e. The van der Waals surface area contributed by atoms with Gasteiger partial charge in [0.25, 0.3) is 0 Å². The summed E-state index contributed by atoms with van der Waals surface area (Å²) < 4.78 is 8.90. The summed E-state index contributed by atoms with van der Waals surface area (Å²) in [4.78, 5) is 10.8. The van der Waals surface area contributed by atoms with Crippen LogP contribution < -0.4 is 4.74 Å². The number of aldehydes is 1. The lowest BCUT2D eigenvalue weighted by Gasteiger charge is -2.08. The molecule has 3 rings (SSSR count). The molecule has 2 aromatic carbocycles. The molecule has 0 amide bonds. The van der Waals surface area contributed by atoms with Gasteiger partial charge in [0.2, 0.25) is 0 Å². The van der Waals surface area contributed by atoms with Crippen LogP contribution in [0.2, 0.25) is 0 Å². The quantitative estimate of drug-likeness (QED) is 0.647. The van der Waals surface area contributed by atoms with E-state index in [1.807, 2.05) is 54.7 Å². The van der Waals surface area contributed by atoms with Gasteiger partial charge in [0.05, 0.1) is 6.54 Å². The summed E-state index contributed by atoms with van der Waals surface area (Å²) in [6.45, 7) is 1.36. The second-order valence-electron chi connectivity index (χ2n) is 4.75. The number of carbonyl (C=O) groups is 1. The molecule has 0 N–H and O–H groups in total. The Balaban J connectivity index is 1.68. The predicted octanol–water partition coefficient (Wildman–Crippen LogP) is 4.30. The molecule has 0 spiro atoms. The molecule has 3 nitrogen and oxygen atoms in total. The van der Waals surface area contributed by atoms with Gasteiger partial charge in [-0.1, -0.05) is 15.9 Å². The van der Waals surface area contributed by atoms with E-state index in [-0.39, 0.29) is 0 Å². The summed E-state index contributed by atoms with van der Waals surface area (Å²) in [5.41, 5.74) is 1.81. The van der Waals surface area contributed by atoms with Crippen LogP contribution in [0.4, 0.5) is 0 Å². The van der Waals surface area contributed by atoms with Gasteiger partial charge in [0.15, 0.2) is 0 Å². The summed E-state index contributed by atoms with van der Waals surface area (Å²) >= 11 is 3.40. The third kappa shape index (κ3) is 3.16. The van der Waals surface area contributed by atoms with Gasteiger partial charge in [-0.2, -0.15) is 0 Å². The third-order valence-corrected chi connectivity index (χ3v) is 3.87. The van der Waals surface area contributed by atoms with E-state index >= 15 is 0 Å². The van der Waals surface area contributed by atoms with E-state index in [0.29, 0.717) is 12.2 Å². The van der Waals surface area contributed by atoms with Gasteiger partial charge in [-0.25, -0.2) is 0 Å². The predicted molar refractivity (Wildman–Crippen MR) is 87.0 cm³/mol. The Kier molecular flexibility index (Phi) is 4.06. The van der Waals surface area contributed by atoms with Crippen molar-refractivity contribution in [1.29, 1.82) is 0 Å². The van der Waals surface area contributed by atoms with E-state index in [4.69, 9.17) is 4.74 Å². The Morgan fingerprint density at radius 3 is 2.67 bits per heavy atom. The molecule has 0 fully saturated rings. The summed E-state index contributed by atoms with van der Waals surface area (Å²) in [5, 5.41) is 1.07. The largest absolute Gasteiger partial charge is 0.492 e. The highest BCUT2D eigenvalue weighted by Crippen LogP contribution is 2.18. The molecule has 4 heteroatoms. The first-order valence-electron chi connectivity index (χ1n) is 6.69. The number of hydrogen-bond acceptors (Lipinski definition) is 2. The van der Waals surface area contributed by atoms with Crippen molar-refractivity contribution in [3.8, 4) is 5.75 Å². The first kappa shape index (κ1) is 13.9. The SMILES string of the molecule is O=Cc1ccc2c(ccn2CCOc2ccc(Br)cc2)c1. The van der Waals surface area contributed by atoms with Crippen molar-refractivity contribution in [3.63, 3.8) is 0 Å². The molecular weight excluding hydrogens is 330 g/mol. The minimum atomic E-state index is 0.598. The maximum Gasteiger partial charge on any atom is 0.150 e. The van der Waals surface area contributed by atoms with Gasteiger partial charge in [-0.15, -0.1) is 0 Å². The number of ether oxygens (including phenoxy) is 1. The molecule has 106 valence electrons. The van der Waals surface area contributed by atoms with Crippen LogP contribution in [0.1, 0.15) is 10.4 Å². The highest BCUT2D eigenvalue weighted by Gasteiger charge is 2.02. The topological polar surface area (TPSA) is 31.2 Å². The molecule has 0 unspecified atom stereocenters. The molecule has 0 radical (unpaired) electrons. The molecular formula is C17H14BrNO2. The highest BCUT2D eigenvalue weighted by atomic mass is 79.9.